The zero-order valence-corrected chi connectivity index (χ0v) is 12.3. The van der Waals surface area contributed by atoms with Crippen molar-refractivity contribution in [2.45, 2.75) is 25.5 Å². The van der Waals surface area contributed by atoms with Crippen LogP contribution >= 0.6 is 0 Å². The summed E-state index contributed by atoms with van der Waals surface area (Å²) in [7, 11) is 0. The van der Waals surface area contributed by atoms with Crippen molar-refractivity contribution < 1.29 is 9.53 Å². The Morgan fingerprint density at radius 1 is 1.32 bits per heavy atom. The number of amides is 1. The standard InChI is InChI=1S/C16H18N4O2/c21-16(15-6-5-13-3-1-2-4-14(13)22-15)19-7-12(8-19)9-20-11-17-10-18-20/h1-4,10-12,15H,5-9H2. The van der Waals surface area contributed by atoms with Gasteiger partial charge >= 0.3 is 0 Å². The Morgan fingerprint density at radius 3 is 3.00 bits per heavy atom. The van der Waals surface area contributed by atoms with E-state index in [0.29, 0.717) is 5.92 Å². The number of rotatable bonds is 3. The highest BCUT2D eigenvalue weighted by Gasteiger charge is 2.36. The molecule has 2 aliphatic rings. The van der Waals surface area contributed by atoms with E-state index < -0.39 is 0 Å². The van der Waals surface area contributed by atoms with Crippen LogP contribution in [0.2, 0.25) is 0 Å². The molecule has 0 saturated carbocycles. The van der Waals surface area contributed by atoms with Crippen molar-refractivity contribution in [2.75, 3.05) is 13.1 Å². The molecule has 2 aliphatic heterocycles. The maximum absolute atomic E-state index is 12.5. The summed E-state index contributed by atoms with van der Waals surface area (Å²) in [5.74, 6) is 1.43. The fourth-order valence-corrected chi connectivity index (χ4v) is 3.16. The summed E-state index contributed by atoms with van der Waals surface area (Å²) in [6, 6.07) is 7.96. The number of nitrogens with zero attached hydrogens (tertiary/aromatic N) is 4. The van der Waals surface area contributed by atoms with E-state index in [1.54, 1.807) is 6.33 Å². The Balaban J connectivity index is 1.33. The maximum Gasteiger partial charge on any atom is 0.263 e. The highest BCUT2D eigenvalue weighted by molar-refractivity contribution is 5.82. The first-order valence-electron chi connectivity index (χ1n) is 7.65. The Bertz CT molecular complexity index is 665. The van der Waals surface area contributed by atoms with Crippen LogP contribution in [0.5, 0.6) is 5.75 Å². The Hall–Kier alpha value is -2.37. The molecule has 1 atom stereocenters. The van der Waals surface area contributed by atoms with Gasteiger partial charge in [0, 0.05) is 25.6 Å². The van der Waals surface area contributed by atoms with Gasteiger partial charge in [-0.05, 0) is 24.5 Å². The molecular weight excluding hydrogens is 280 g/mol. The summed E-state index contributed by atoms with van der Waals surface area (Å²) >= 11 is 0. The number of hydrogen-bond acceptors (Lipinski definition) is 4. The van der Waals surface area contributed by atoms with Crippen LogP contribution in [0.3, 0.4) is 0 Å². The van der Waals surface area contributed by atoms with Gasteiger partial charge < -0.3 is 9.64 Å². The van der Waals surface area contributed by atoms with Crippen LogP contribution in [-0.4, -0.2) is 44.8 Å². The molecule has 1 fully saturated rings. The molecule has 0 spiro atoms. The predicted molar refractivity (Wildman–Crippen MR) is 79.3 cm³/mol. The molecule has 1 saturated heterocycles. The largest absolute Gasteiger partial charge is 0.480 e. The molecule has 4 rings (SSSR count). The second-order valence-electron chi connectivity index (χ2n) is 5.98. The van der Waals surface area contributed by atoms with Crippen molar-refractivity contribution in [2.24, 2.45) is 5.92 Å². The summed E-state index contributed by atoms with van der Waals surface area (Å²) in [5, 5.41) is 4.10. The molecule has 2 aromatic rings. The highest BCUT2D eigenvalue weighted by atomic mass is 16.5. The second kappa shape index (κ2) is 5.44. The number of para-hydroxylation sites is 1. The van der Waals surface area contributed by atoms with Crippen molar-refractivity contribution in [3.63, 3.8) is 0 Å². The number of likely N-dealkylation sites (tertiary alicyclic amines) is 1. The number of ether oxygens (including phenoxy) is 1. The molecule has 1 aromatic carbocycles. The third kappa shape index (κ3) is 2.45. The molecule has 1 unspecified atom stereocenters. The minimum atomic E-state index is -0.331. The predicted octanol–water partition coefficient (Wildman–Crippen LogP) is 1.13. The van der Waals surface area contributed by atoms with Crippen molar-refractivity contribution in [1.82, 2.24) is 19.7 Å². The zero-order chi connectivity index (χ0) is 14.9. The number of fused-ring (bicyclic) bond motifs is 1. The summed E-state index contributed by atoms with van der Waals surface area (Å²) in [6.45, 7) is 2.37. The van der Waals surface area contributed by atoms with Gasteiger partial charge in [0.05, 0.1) is 0 Å². The van der Waals surface area contributed by atoms with Crippen LogP contribution in [0.15, 0.2) is 36.9 Å². The van der Waals surface area contributed by atoms with Gasteiger partial charge in [0.2, 0.25) is 0 Å². The first-order chi connectivity index (χ1) is 10.8. The Labute approximate surface area is 128 Å². The lowest BCUT2D eigenvalue weighted by Crippen LogP contribution is -2.55. The third-order valence-electron chi connectivity index (χ3n) is 4.37. The summed E-state index contributed by atoms with van der Waals surface area (Å²) in [4.78, 5) is 18.3. The van der Waals surface area contributed by atoms with Gasteiger partial charge in [0.1, 0.15) is 18.4 Å². The molecular formula is C16H18N4O2. The highest BCUT2D eigenvalue weighted by Crippen LogP contribution is 2.29. The van der Waals surface area contributed by atoms with Crippen LogP contribution in [0.25, 0.3) is 0 Å². The molecule has 1 aromatic heterocycles. The van der Waals surface area contributed by atoms with E-state index >= 15 is 0 Å². The monoisotopic (exact) mass is 298 g/mol. The van der Waals surface area contributed by atoms with Crippen molar-refractivity contribution in [3.8, 4) is 5.75 Å². The van der Waals surface area contributed by atoms with Crippen LogP contribution in [-0.2, 0) is 17.8 Å². The summed E-state index contributed by atoms with van der Waals surface area (Å²) in [5.41, 5.74) is 1.19. The summed E-state index contributed by atoms with van der Waals surface area (Å²) < 4.78 is 7.69. The van der Waals surface area contributed by atoms with Gasteiger partial charge in [-0.2, -0.15) is 5.10 Å². The lowest BCUT2D eigenvalue weighted by Gasteiger charge is -2.41. The number of carbonyl (C=O) groups is 1. The third-order valence-corrected chi connectivity index (χ3v) is 4.37. The molecule has 6 heteroatoms. The van der Waals surface area contributed by atoms with Crippen LogP contribution in [0.1, 0.15) is 12.0 Å². The van der Waals surface area contributed by atoms with Gasteiger partial charge in [0.25, 0.3) is 5.91 Å². The molecule has 22 heavy (non-hydrogen) atoms. The van der Waals surface area contributed by atoms with Gasteiger partial charge in [-0.15, -0.1) is 0 Å². The zero-order valence-electron chi connectivity index (χ0n) is 12.3. The number of aryl methyl sites for hydroxylation is 1. The van der Waals surface area contributed by atoms with Gasteiger partial charge in [-0.1, -0.05) is 18.2 Å². The van der Waals surface area contributed by atoms with Gasteiger partial charge in [-0.3, -0.25) is 9.48 Å². The molecule has 0 N–H and O–H groups in total. The Morgan fingerprint density at radius 2 is 2.18 bits per heavy atom. The molecule has 6 nitrogen and oxygen atoms in total. The van der Waals surface area contributed by atoms with E-state index in [9.17, 15) is 4.79 Å². The number of hydrogen-bond donors (Lipinski definition) is 0. The average Bonchev–Trinajstić information content (AvgIpc) is 3.02. The minimum absolute atomic E-state index is 0.115. The fourth-order valence-electron chi connectivity index (χ4n) is 3.16. The van der Waals surface area contributed by atoms with Gasteiger partial charge in [-0.25, -0.2) is 4.98 Å². The number of benzene rings is 1. The Kier molecular flexibility index (Phi) is 3.29. The lowest BCUT2D eigenvalue weighted by atomic mass is 9.96. The molecule has 0 bridgehead atoms. The van der Waals surface area contributed by atoms with Crippen molar-refractivity contribution in [3.05, 3.63) is 42.5 Å². The van der Waals surface area contributed by atoms with E-state index in [2.05, 4.69) is 16.1 Å². The van der Waals surface area contributed by atoms with Crippen molar-refractivity contribution >= 4 is 5.91 Å². The smallest absolute Gasteiger partial charge is 0.263 e. The molecule has 3 heterocycles. The fraction of sp³-hybridized carbons (Fsp3) is 0.438. The lowest BCUT2D eigenvalue weighted by molar-refractivity contribution is -0.146. The topological polar surface area (TPSA) is 60.2 Å². The van der Waals surface area contributed by atoms with Crippen LogP contribution in [0.4, 0.5) is 0 Å². The van der Waals surface area contributed by atoms with E-state index in [1.165, 1.54) is 11.9 Å². The molecule has 1 amide bonds. The summed E-state index contributed by atoms with van der Waals surface area (Å²) in [6.07, 6.45) is 4.59. The van der Waals surface area contributed by atoms with E-state index in [-0.39, 0.29) is 12.0 Å². The number of carbonyl (C=O) groups excluding carboxylic acids is 1. The maximum atomic E-state index is 12.5. The quantitative estimate of drug-likeness (QED) is 0.852. The first-order valence-corrected chi connectivity index (χ1v) is 7.65. The van der Waals surface area contributed by atoms with E-state index in [4.69, 9.17) is 4.74 Å². The van der Waals surface area contributed by atoms with E-state index in [1.807, 2.05) is 27.8 Å². The molecule has 0 radical (unpaired) electrons. The molecule has 0 aliphatic carbocycles. The molecule has 114 valence electrons. The van der Waals surface area contributed by atoms with Crippen LogP contribution < -0.4 is 4.74 Å². The van der Waals surface area contributed by atoms with Gasteiger partial charge in [0.15, 0.2) is 6.10 Å². The van der Waals surface area contributed by atoms with Crippen molar-refractivity contribution in [1.29, 1.82) is 0 Å². The first kappa shape index (κ1) is 13.3. The normalized spacial score (nSPS) is 20.9. The number of aromatic nitrogens is 3. The average molecular weight is 298 g/mol. The van der Waals surface area contributed by atoms with Crippen LogP contribution in [0, 0.1) is 5.92 Å². The van der Waals surface area contributed by atoms with E-state index in [0.717, 1.165) is 38.2 Å². The SMILES string of the molecule is O=C(C1CCc2ccccc2O1)N1CC(Cn2cncn2)C1. The second-order valence-corrected chi connectivity index (χ2v) is 5.98. The minimum Gasteiger partial charge on any atom is -0.480 e.